The van der Waals surface area contributed by atoms with Gasteiger partial charge < -0.3 is 14.4 Å². The molecule has 0 saturated carbocycles. The largest absolute Gasteiger partial charge is 0.497 e. The molecule has 0 radical (unpaired) electrons. The first-order valence-electron chi connectivity index (χ1n) is 4.09. The van der Waals surface area contributed by atoms with Crippen LogP contribution in [0.2, 0.25) is 0 Å². The third-order valence-electron chi connectivity index (χ3n) is 2.13. The highest BCUT2D eigenvalue weighted by Gasteiger charge is 2.00. The third-order valence-corrected chi connectivity index (χ3v) is 2.13. The lowest BCUT2D eigenvalue weighted by molar-refractivity contribution is 0.215. The standard InChI is InChI=1S/C10H11NO2/c1-13-9-2-3-10-8(6-9)4-5-11(10)7-12/h2-6,12H,7H2,1H3. The minimum atomic E-state index is 0.00975. The van der Waals surface area contributed by atoms with Gasteiger partial charge in [-0.05, 0) is 24.3 Å². The van der Waals surface area contributed by atoms with E-state index in [0.717, 1.165) is 16.7 Å². The molecule has 0 aliphatic heterocycles. The van der Waals surface area contributed by atoms with Crippen molar-refractivity contribution < 1.29 is 9.84 Å². The Morgan fingerprint density at radius 2 is 2.23 bits per heavy atom. The van der Waals surface area contributed by atoms with Gasteiger partial charge in [0.15, 0.2) is 0 Å². The van der Waals surface area contributed by atoms with Crippen LogP contribution in [-0.4, -0.2) is 16.8 Å². The summed E-state index contributed by atoms with van der Waals surface area (Å²) >= 11 is 0. The Bertz CT molecular complexity index is 420. The maximum atomic E-state index is 8.98. The van der Waals surface area contributed by atoms with Crippen LogP contribution in [0.4, 0.5) is 0 Å². The second-order valence-electron chi connectivity index (χ2n) is 2.85. The van der Waals surface area contributed by atoms with E-state index in [9.17, 15) is 0 Å². The van der Waals surface area contributed by atoms with Crippen molar-refractivity contribution in [1.29, 1.82) is 0 Å². The molecule has 0 atom stereocenters. The summed E-state index contributed by atoms with van der Waals surface area (Å²) in [5.74, 6) is 0.836. The average molecular weight is 177 g/mol. The molecule has 0 saturated heterocycles. The Balaban J connectivity index is 2.61. The van der Waals surface area contributed by atoms with E-state index >= 15 is 0 Å². The molecule has 1 N–H and O–H groups in total. The van der Waals surface area contributed by atoms with Crippen LogP contribution in [0.15, 0.2) is 30.5 Å². The second-order valence-corrected chi connectivity index (χ2v) is 2.85. The first-order chi connectivity index (χ1) is 6.35. The monoisotopic (exact) mass is 177 g/mol. The summed E-state index contributed by atoms with van der Waals surface area (Å²) < 4.78 is 6.87. The lowest BCUT2D eigenvalue weighted by Crippen LogP contribution is -1.93. The molecule has 1 heterocycles. The molecule has 0 amide bonds. The summed E-state index contributed by atoms with van der Waals surface area (Å²) in [4.78, 5) is 0. The van der Waals surface area contributed by atoms with Crippen LogP contribution in [0.5, 0.6) is 5.75 Å². The summed E-state index contributed by atoms with van der Waals surface area (Å²) in [7, 11) is 1.64. The fourth-order valence-corrected chi connectivity index (χ4v) is 1.43. The molecule has 13 heavy (non-hydrogen) atoms. The van der Waals surface area contributed by atoms with Gasteiger partial charge in [-0.15, -0.1) is 0 Å². The van der Waals surface area contributed by atoms with Gasteiger partial charge in [0, 0.05) is 11.6 Å². The van der Waals surface area contributed by atoms with Gasteiger partial charge in [-0.2, -0.15) is 0 Å². The molecule has 0 bridgehead atoms. The van der Waals surface area contributed by atoms with Gasteiger partial charge >= 0.3 is 0 Å². The number of nitrogens with zero attached hydrogens (tertiary/aromatic N) is 1. The molecule has 0 fully saturated rings. The van der Waals surface area contributed by atoms with Crippen LogP contribution in [0.3, 0.4) is 0 Å². The van der Waals surface area contributed by atoms with Crippen molar-refractivity contribution in [2.45, 2.75) is 6.73 Å². The van der Waals surface area contributed by atoms with E-state index in [0.29, 0.717) is 0 Å². The lowest BCUT2D eigenvalue weighted by atomic mass is 10.2. The fourth-order valence-electron chi connectivity index (χ4n) is 1.43. The van der Waals surface area contributed by atoms with Crippen LogP contribution in [0, 0.1) is 0 Å². The molecule has 2 rings (SSSR count). The van der Waals surface area contributed by atoms with E-state index in [-0.39, 0.29) is 6.73 Å². The van der Waals surface area contributed by atoms with Crippen LogP contribution in [0.25, 0.3) is 10.9 Å². The minimum Gasteiger partial charge on any atom is -0.497 e. The van der Waals surface area contributed by atoms with Crippen molar-refractivity contribution in [2.75, 3.05) is 7.11 Å². The van der Waals surface area contributed by atoms with Crippen molar-refractivity contribution in [3.63, 3.8) is 0 Å². The van der Waals surface area contributed by atoms with E-state index in [4.69, 9.17) is 9.84 Å². The Kier molecular flexibility index (Phi) is 1.94. The van der Waals surface area contributed by atoms with E-state index < -0.39 is 0 Å². The van der Waals surface area contributed by atoms with E-state index in [1.807, 2.05) is 30.5 Å². The van der Waals surface area contributed by atoms with Gasteiger partial charge in [-0.1, -0.05) is 0 Å². The molecule has 0 unspecified atom stereocenters. The summed E-state index contributed by atoms with van der Waals surface area (Å²) in [6.07, 6.45) is 1.85. The number of aliphatic hydroxyl groups excluding tert-OH is 1. The van der Waals surface area contributed by atoms with Crippen LogP contribution < -0.4 is 4.74 Å². The minimum absolute atomic E-state index is 0.00975. The third kappa shape index (κ3) is 1.27. The predicted molar refractivity (Wildman–Crippen MR) is 50.7 cm³/mol. The van der Waals surface area contributed by atoms with Gasteiger partial charge in [0.25, 0.3) is 0 Å². The smallest absolute Gasteiger partial charge is 0.119 e. The van der Waals surface area contributed by atoms with Crippen molar-refractivity contribution in [3.05, 3.63) is 30.5 Å². The quantitative estimate of drug-likeness (QED) is 0.756. The molecular formula is C10H11NO2. The number of benzene rings is 1. The molecule has 0 spiro atoms. The zero-order valence-corrected chi connectivity index (χ0v) is 7.40. The highest BCUT2D eigenvalue weighted by atomic mass is 16.5. The number of hydrogen-bond acceptors (Lipinski definition) is 2. The lowest BCUT2D eigenvalue weighted by Gasteiger charge is -2.01. The Morgan fingerprint density at radius 1 is 1.38 bits per heavy atom. The van der Waals surface area contributed by atoms with Crippen LogP contribution in [0.1, 0.15) is 0 Å². The van der Waals surface area contributed by atoms with Gasteiger partial charge in [0.05, 0.1) is 12.6 Å². The van der Waals surface area contributed by atoms with Crippen molar-refractivity contribution >= 4 is 10.9 Å². The Hall–Kier alpha value is -1.48. The number of fused-ring (bicyclic) bond motifs is 1. The van der Waals surface area contributed by atoms with Crippen molar-refractivity contribution in [2.24, 2.45) is 0 Å². The molecule has 0 aliphatic carbocycles. The first kappa shape index (κ1) is 8.13. The molecule has 1 aromatic carbocycles. The van der Waals surface area contributed by atoms with Crippen molar-refractivity contribution in [1.82, 2.24) is 4.57 Å². The highest BCUT2D eigenvalue weighted by molar-refractivity contribution is 5.81. The molecule has 3 nitrogen and oxygen atoms in total. The van der Waals surface area contributed by atoms with Crippen LogP contribution >= 0.6 is 0 Å². The average Bonchev–Trinajstić information content (AvgIpc) is 2.59. The number of methoxy groups -OCH3 is 1. The topological polar surface area (TPSA) is 34.4 Å². The van der Waals surface area contributed by atoms with Crippen LogP contribution in [-0.2, 0) is 6.73 Å². The summed E-state index contributed by atoms with van der Waals surface area (Å²) in [5.41, 5.74) is 1.02. The molecular weight excluding hydrogens is 166 g/mol. The summed E-state index contributed by atoms with van der Waals surface area (Å²) in [6, 6.07) is 7.72. The second kappa shape index (κ2) is 3.11. The molecule has 68 valence electrons. The number of ether oxygens (including phenoxy) is 1. The zero-order valence-electron chi connectivity index (χ0n) is 7.40. The van der Waals surface area contributed by atoms with E-state index in [1.54, 1.807) is 11.7 Å². The van der Waals surface area contributed by atoms with Crippen molar-refractivity contribution in [3.8, 4) is 5.75 Å². The number of rotatable bonds is 2. The van der Waals surface area contributed by atoms with Gasteiger partial charge in [-0.25, -0.2) is 0 Å². The number of hydrogen-bond donors (Lipinski definition) is 1. The number of aromatic nitrogens is 1. The van der Waals surface area contributed by atoms with E-state index in [2.05, 4.69) is 0 Å². The van der Waals surface area contributed by atoms with Gasteiger partial charge in [-0.3, -0.25) is 0 Å². The molecule has 1 aromatic heterocycles. The molecule has 3 heteroatoms. The Labute approximate surface area is 76.2 Å². The number of aliphatic hydroxyl groups is 1. The zero-order chi connectivity index (χ0) is 9.26. The summed E-state index contributed by atoms with van der Waals surface area (Å²) in [6.45, 7) is 0.00975. The predicted octanol–water partition coefficient (Wildman–Crippen LogP) is 1.60. The Morgan fingerprint density at radius 3 is 2.92 bits per heavy atom. The normalized spacial score (nSPS) is 10.6. The maximum Gasteiger partial charge on any atom is 0.119 e. The summed E-state index contributed by atoms with van der Waals surface area (Å²) in [5, 5.41) is 10.1. The SMILES string of the molecule is COc1ccc2c(ccn2CO)c1. The first-order valence-corrected chi connectivity index (χ1v) is 4.09. The van der Waals surface area contributed by atoms with E-state index in [1.165, 1.54) is 0 Å². The maximum absolute atomic E-state index is 8.98. The van der Waals surface area contributed by atoms with Gasteiger partial charge in [0.2, 0.25) is 0 Å². The fraction of sp³-hybridized carbons (Fsp3) is 0.200. The van der Waals surface area contributed by atoms with Gasteiger partial charge in [0.1, 0.15) is 12.5 Å². The molecule has 0 aliphatic rings. The highest BCUT2D eigenvalue weighted by Crippen LogP contribution is 2.21. The molecule has 2 aromatic rings.